The highest BCUT2D eigenvalue weighted by Crippen LogP contribution is 2.47. The minimum atomic E-state index is -0.342. The molecule has 0 spiro atoms. The fourth-order valence-corrected chi connectivity index (χ4v) is 3.20. The summed E-state index contributed by atoms with van der Waals surface area (Å²) in [7, 11) is 0. The first kappa shape index (κ1) is 18.5. The molecule has 1 aliphatic carbocycles. The lowest BCUT2D eigenvalue weighted by Crippen LogP contribution is -2.31. The Bertz CT molecular complexity index is 856. The van der Waals surface area contributed by atoms with Crippen molar-refractivity contribution in [1.29, 1.82) is 0 Å². The molecule has 1 aromatic carbocycles. The van der Waals surface area contributed by atoms with Gasteiger partial charge in [0, 0.05) is 22.2 Å². The zero-order valence-corrected chi connectivity index (χ0v) is 16.3. The molecule has 1 aromatic heterocycles. The summed E-state index contributed by atoms with van der Waals surface area (Å²) in [6.07, 6.45) is 4.14. The molecule has 2 amide bonds. The largest absolute Gasteiger partial charge is 0.461 e. The minimum Gasteiger partial charge on any atom is -0.461 e. The molecule has 1 aliphatic rings. The lowest BCUT2D eigenvalue weighted by molar-refractivity contribution is -0.121. The van der Waals surface area contributed by atoms with E-state index in [0.717, 1.165) is 27.9 Å². The third kappa shape index (κ3) is 4.85. The SMILES string of the molecule is Cc1cc(Br)ccc1NC(=O)CNC(=O)/C=C/c1ccc(C2CC2C)o1. The van der Waals surface area contributed by atoms with Crippen molar-refractivity contribution in [3.05, 3.63) is 58.0 Å². The second-order valence-corrected chi connectivity index (χ2v) is 7.53. The van der Waals surface area contributed by atoms with E-state index in [4.69, 9.17) is 4.42 Å². The van der Waals surface area contributed by atoms with Gasteiger partial charge in [0.1, 0.15) is 11.5 Å². The molecular formula is C20H21BrN2O3. The van der Waals surface area contributed by atoms with E-state index in [1.165, 1.54) is 6.08 Å². The molecule has 1 heterocycles. The quantitative estimate of drug-likeness (QED) is 0.691. The summed E-state index contributed by atoms with van der Waals surface area (Å²) in [4.78, 5) is 23.8. The van der Waals surface area contributed by atoms with E-state index >= 15 is 0 Å². The van der Waals surface area contributed by atoms with Gasteiger partial charge in [0.2, 0.25) is 11.8 Å². The third-order valence-corrected chi connectivity index (χ3v) is 4.90. The predicted octanol–water partition coefficient (Wildman–Crippen LogP) is 4.24. The van der Waals surface area contributed by atoms with Crippen molar-refractivity contribution in [1.82, 2.24) is 5.32 Å². The first-order chi connectivity index (χ1) is 12.4. The van der Waals surface area contributed by atoms with Gasteiger partial charge in [-0.15, -0.1) is 0 Å². The number of rotatable bonds is 6. The van der Waals surface area contributed by atoms with E-state index in [1.54, 1.807) is 6.08 Å². The summed E-state index contributed by atoms with van der Waals surface area (Å²) in [5.74, 6) is 2.18. The number of aryl methyl sites for hydroxylation is 1. The molecule has 3 rings (SSSR count). The van der Waals surface area contributed by atoms with Gasteiger partial charge in [-0.05, 0) is 61.2 Å². The minimum absolute atomic E-state index is 0.0956. The number of benzene rings is 1. The molecule has 0 radical (unpaired) electrons. The molecule has 136 valence electrons. The predicted molar refractivity (Wildman–Crippen MR) is 105 cm³/mol. The fourth-order valence-electron chi connectivity index (χ4n) is 2.72. The van der Waals surface area contributed by atoms with Crippen molar-refractivity contribution in [3.63, 3.8) is 0 Å². The molecule has 0 aliphatic heterocycles. The van der Waals surface area contributed by atoms with Gasteiger partial charge < -0.3 is 15.1 Å². The van der Waals surface area contributed by atoms with Gasteiger partial charge in [0.25, 0.3) is 0 Å². The molecule has 2 aromatic rings. The highest BCUT2D eigenvalue weighted by molar-refractivity contribution is 9.10. The third-order valence-electron chi connectivity index (χ3n) is 4.41. The van der Waals surface area contributed by atoms with Gasteiger partial charge in [-0.25, -0.2) is 0 Å². The van der Waals surface area contributed by atoms with E-state index < -0.39 is 0 Å². The Morgan fingerprint density at radius 1 is 1.31 bits per heavy atom. The molecule has 1 saturated carbocycles. The van der Waals surface area contributed by atoms with E-state index in [1.807, 2.05) is 37.3 Å². The Morgan fingerprint density at radius 3 is 2.77 bits per heavy atom. The van der Waals surface area contributed by atoms with Crippen LogP contribution in [0.15, 0.2) is 45.3 Å². The number of carbonyl (C=O) groups is 2. The maximum Gasteiger partial charge on any atom is 0.244 e. The molecule has 1 fully saturated rings. The van der Waals surface area contributed by atoms with E-state index in [9.17, 15) is 9.59 Å². The van der Waals surface area contributed by atoms with Crippen LogP contribution in [0.1, 0.15) is 36.3 Å². The number of hydrogen-bond acceptors (Lipinski definition) is 3. The van der Waals surface area contributed by atoms with Crippen LogP contribution in [-0.2, 0) is 9.59 Å². The zero-order valence-electron chi connectivity index (χ0n) is 14.7. The topological polar surface area (TPSA) is 71.3 Å². The number of nitrogens with one attached hydrogen (secondary N) is 2. The average molecular weight is 417 g/mol. The molecule has 26 heavy (non-hydrogen) atoms. The average Bonchev–Trinajstić information content (AvgIpc) is 3.14. The van der Waals surface area contributed by atoms with Gasteiger partial charge in [0.05, 0.1) is 6.54 Å². The normalized spacial score (nSPS) is 18.7. The highest BCUT2D eigenvalue weighted by Gasteiger charge is 2.36. The van der Waals surface area contributed by atoms with Crippen LogP contribution in [0.2, 0.25) is 0 Å². The van der Waals surface area contributed by atoms with Crippen LogP contribution in [0.25, 0.3) is 6.08 Å². The fraction of sp³-hybridized carbons (Fsp3) is 0.300. The summed E-state index contributed by atoms with van der Waals surface area (Å²) >= 11 is 3.38. The number of anilines is 1. The Balaban J connectivity index is 1.45. The molecule has 2 unspecified atom stereocenters. The van der Waals surface area contributed by atoms with E-state index in [-0.39, 0.29) is 18.4 Å². The summed E-state index contributed by atoms with van der Waals surface area (Å²) < 4.78 is 6.65. The van der Waals surface area contributed by atoms with Gasteiger partial charge in [-0.1, -0.05) is 22.9 Å². The van der Waals surface area contributed by atoms with Crippen LogP contribution < -0.4 is 10.6 Å². The number of hydrogen-bond donors (Lipinski definition) is 2. The first-order valence-electron chi connectivity index (χ1n) is 8.54. The van der Waals surface area contributed by atoms with Crippen molar-refractivity contribution in [2.75, 3.05) is 11.9 Å². The molecular weight excluding hydrogens is 396 g/mol. The zero-order chi connectivity index (χ0) is 18.7. The Hall–Kier alpha value is -2.34. The lowest BCUT2D eigenvalue weighted by Gasteiger charge is -2.08. The number of furan rings is 1. The maximum atomic E-state index is 12.0. The highest BCUT2D eigenvalue weighted by atomic mass is 79.9. The Labute approximate surface area is 161 Å². The second-order valence-electron chi connectivity index (χ2n) is 6.62. The number of halogens is 1. The van der Waals surface area contributed by atoms with Gasteiger partial charge in [-0.2, -0.15) is 0 Å². The standard InChI is InChI=1S/C20H21BrN2O3/c1-12-10-16(12)18-7-4-15(26-18)5-8-19(24)22-11-20(25)23-17-6-3-14(21)9-13(17)2/h3-9,12,16H,10-11H2,1-2H3,(H,22,24)(H,23,25)/b8-5+. The molecule has 0 bridgehead atoms. The van der Waals surface area contributed by atoms with Crippen LogP contribution in [0.4, 0.5) is 5.69 Å². The van der Waals surface area contributed by atoms with Crippen LogP contribution >= 0.6 is 15.9 Å². The number of carbonyl (C=O) groups excluding carboxylic acids is 2. The summed E-state index contributed by atoms with van der Waals surface area (Å²) in [5.41, 5.74) is 1.66. The smallest absolute Gasteiger partial charge is 0.244 e. The molecule has 5 nitrogen and oxygen atoms in total. The summed E-state index contributed by atoms with van der Waals surface area (Å²) in [6.45, 7) is 4.00. The van der Waals surface area contributed by atoms with Crippen molar-refractivity contribution in [2.24, 2.45) is 5.92 Å². The van der Waals surface area contributed by atoms with Crippen LogP contribution in [0.5, 0.6) is 0 Å². The molecule has 2 N–H and O–H groups in total. The maximum absolute atomic E-state index is 12.0. The van der Waals surface area contributed by atoms with Crippen molar-refractivity contribution in [2.45, 2.75) is 26.2 Å². The monoisotopic (exact) mass is 416 g/mol. The van der Waals surface area contributed by atoms with Crippen molar-refractivity contribution < 1.29 is 14.0 Å². The Morgan fingerprint density at radius 2 is 2.08 bits per heavy atom. The lowest BCUT2D eigenvalue weighted by atomic mass is 10.2. The van der Waals surface area contributed by atoms with Gasteiger partial charge in [0.15, 0.2) is 0 Å². The second kappa shape index (κ2) is 7.91. The van der Waals surface area contributed by atoms with Crippen LogP contribution in [-0.4, -0.2) is 18.4 Å². The van der Waals surface area contributed by atoms with Crippen molar-refractivity contribution in [3.8, 4) is 0 Å². The summed E-state index contributed by atoms with van der Waals surface area (Å²) in [6, 6.07) is 9.39. The Kier molecular flexibility index (Phi) is 5.61. The molecule has 6 heteroatoms. The van der Waals surface area contributed by atoms with Crippen LogP contribution in [0.3, 0.4) is 0 Å². The van der Waals surface area contributed by atoms with Gasteiger partial charge >= 0.3 is 0 Å². The first-order valence-corrected chi connectivity index (χ1v) is 9.33. The van der Waals surface area contributed by atoms with E-state index in [2.05, 4.69) is 33.5 Å². The van der Waals surface area contributed by atoms with Gasteiger partial charge in [-0.3, -0.25) is 9.59 Å². The van der Waals surface area contributed by atoms with E-state index in [0.29, 0.717) is 17.6 Å². The molecule has 2 atom stereocenters. The number of amides is 2. The van der Waals surface area contributed by atoms with Crippen molar-refractivity contribution >= 4 is 39.5 Å². The molecule has 0 saturated heterocycles. The summed E-state index contributed by atoms with van der Waals surface area (Å²) in [5, 5.41) is 5.34. The van der Waals surface area contributed by atoms with Crippen LogP contribution in [0, 0.1) is 12.8 Å².